The maximum absolute atomic E-state index is 5.66. The second-order valence-corrected chi connectivity index (χ2v) is 6.21. The van der Waals surface area contributed by atoms with Gasteiger partial charge in [-0.15, -0.1) is 11.3 Å². The highest BCUT2D eigenvalue weighted by molar-refractivity contribution is 7.09. The molecule has 1 aromatic carbocycles. The summed E-state index contributed by atoms with van der Waals surface area (Å²) in [6, 6.07) is 12.4. The molecule has 1 heterocycles. The Bertz CT molecular complexity index is 596. The van der Waals surface area contributed by atoms with E-state index in [1.165, 1.54) is 10.4 Å². The number of benzene rings is 1. The molecular formula is C18H25N3OS. The van der Waals surface area contributed by atoms with Crippen LogP contribution < -0.4 is 15.4 Å². The highest BCUT2D eigenvalue weighted by Crippen LogP contribution is 2.13. The third kappa shape index (κ3) is 6.32. The predicted molar refractivity (Wildman–Crippen MR) is 98.5 cm³/mol. The zero-order chi connectivity index (χ0) is 16.3. The van der Waals surface area contributed by atoms with Crippen LogP contribution in [-0.2, 0) is 13.0 Å². The average molecular weight is 331 g/mol. The number of ether oxygens (including phenoxy) is 1. The van der Waals surface area contributed by atoms with E-state index in [1.807, 2.05) is 12.1 Å². The van der Waals surface area contributed by atoms with Crippen LogP contribution in [0.15, 0.2) is 46.8 Å². The third-order valence-electron chi connectivity index (χ3n) is 3.30. The van der Waals surface area contributed by atoms with E-state index in [0.717, 1.165) is 44.2 Å². The quantitative estimate of drug-likeness (QED) is 0.575. The summed E-state index contributed by atoms with van der Waals surface area (Å²) < 4.78 is 5.66. The molecule has 0 aliphatic carbocycles. The lowest BCUT2D eigenvalue weighted by atomic mass is 10.2. The Balaban J connectivity index is 1.76. The molecule has 0 spiro atoms. The van der Waals surface area contributed by atoms with E-state index in [0.29, 0.717) is 0 Å². The SMILES string of the molecule is CCCOc1cccc(CNC(=NC)NCCc2cccs2)c1. The summed E-state index contributed by atoms with van der Waals surface area (Å²) in [5.74, 6) is 1.74. The monoisotopic (exact) mass is 331 g/mol. The van der Waals surface area contributed by atoms with Gasteiger partial charge in [-0.2, -0.15) is 0 Å². The minimum atomic E-state index is 0.724. The van der Waals surface area contributed by atoms with Crippen LogP contribution in [0.4, 0.5) is 0 Å². The standard InChI is InChI=1S/C18H25N3OS/c1-3-11-22-16-7-4-6-15(13-16)14-21-18(19-2)20-10-9-17-8-5-12-23-17/h4-8,12-13H,3,9-11,14H2,1-2H3,(H2,19,20,21). The van der Waals surface area contributed by atoms with Crippen molar-refractivity contribution in [2.75, 3.05) is 20.2 Å². The van der Waals surface area contributed by atoms with Gasteiger partial charge in [-0.3, -0.25) is 4.99 Å². The number of nitrogens with one attached hydrogen (secondary N) is 2. The summed E-state index contributed by atoms with van der Waals surface area (Å²) in [5, 5.41) is 8.78. The zero-order valence-electron chi connectivity index (χ0n) is 13.8. The van der Waals surface area contributed by atoms with Gasteiger partial charge in [-0.05, 0) is 42.0 Å². The number of guanidine groups is 1. The van der Waals surface area contributed by atoms with Crippen LogP contribution in [0.5, 0.6) is 5.75 Å². The molecule has 4 nitrogen and oxygen atoms in total. The zero-order valence-corrected chi connectivity index (χ0v) is 14.7. The fourth-order valence-electron chi connectivity index (χ4n) is 2.13. The van der Waals surface area contributed by atoms with Crippen molar-refractivity contribution in [3.8, 4) is 5.75 Å². The van der Waals surface area contributed by atoms with Crippen LogP contribution in [0.25, 0.3) is 0 Å². The summed E-state index contributed by atoms with van der Waals surface area (Å²) >= 11 is 1.79. The lowest BCUT2D eigenvalue weighted by Crippen LogP contribution is -2.37. The molecule has 0 fully saturated rings. The Morgan fingerprint density at radius 2 is 2.13 bits per heavy atom. The van der Waals surface area contributed by atoms with Gasteiger partial charge in [0.1, 0.15) is 5.75 Å². The van der Waals surface area contributed by atoms with Gasteiger partial charge in [0.05, 0.1) is 6.61 Å². The molecule has 0 amide bonds. The molecule has 0 bridgehead atoms. The third-order valence-corrected chi connectivity index (χ3v) is 4.23. The maximum Gasteiger partial charge on any atom is 0.191 e. The molecule has 0 aliphatic heterocycles. The van der Waals surface area contributed by atoms with Gasteiger partial charge in [-0.1, -0.05) is 25.1 Å². The number of hydrogen-bond acceptors (Lipinski definition) is 3. The molecule has 124 valence electrons. The number of thiophene rings is 1. The molecule has 0 unspecified atom stereocenters. The molecule has 23 heavy (non-hydrogen) atoms. The molecule has 0 aliphatic rings. The van der Waals surface area contributed by atoms with E-state index >= 15 is 0 Å². The van der Waals surface area contributed by atoms with E-state index in [-0.39, 0.29) is 0 Å². The van der Waals surface area contributed by atoms with Crippen LogP contribution in [-0.4, -0.2) is 26.2 Å². The smallest absolute Gasteiger partial charge is 0.191 e. The lowest BCUT2D eigenvalue weighted by Gasteiger charge is -2.12. The van der Waals surface area contributed by atoms with Crippen LogP contribution >= 0.6 is 11.3 Å². The molecule has 0 saturated heterocycles. The van der Waals surface area contributed by atoms with Crippen LogP contribution in [0.1, 0.15) is 23.8 Å². The van der Waals surface area contributed by atoms with E-state index in [2.05, 4.69) is 52.2 Å². The largest absolute Gasteiger partial charge is 0.494 e. The van der Waals surface area contributed by atoms with Crippen molar-refractivity contribution in [3.05, 3.63) is 52.2 Å². The first-order valence-corrected chi connectivity index (χ1v) is 8.88. The Hall–Kier alpha value is -2.01. The Labute approximate surface area is 142 Å². The predicted octanol–water partition coefficient (Wildman–Crippen LogP) is 3.44. The number of hydrogen-bond donors (Lipinski definition) is 2. The molecule has 5 heteroatoms. The molecule has 2 N–H and O–H groups in total. The van der Waals surface area contributed by atoms with Crippen molar-refractivity contribution < 1.29 is 4.74 Å². The second-order valence-electron chi connectivity index (χ2n) is 5.18. The van der Waals surface area contributed by atoms with Crippen LogP contribution in [0.3, 0.4) is 0 Å². The van der Waals surface area contributed by atoms with E-state index in [1.54, 1.807) is 18.4 Å². The molecule has 2 aromatic rings. The second kappa shape index (κ2) is 9.90. The van der Waals surface area contributed by atoms with Crippen molar-refractivity contribution in [2.24, 2.45) is 4.99 Å². The van der Waals surface area contributed by atoms with Gasteiger partial charge in [0, 0.05) is 25.0 Å². The van der Waals surface area contributed by atoms with Crippen LogP contribution in [0.2, 0.25) is 0 Å². The van der Waals surface area contributed by atoms with E-state index in [9.17, 15) is 0 Å². The van der Waals surface area contributed by atoms with Gasteiger partial charge in [-0.25, -0.2) is 0 Å². The Kier molecular flexibility index (Phi) is 7.46. The van der Waals surface area contributed by atoms with Crippen molar-refractivity contribution in [1.29, 1.82) is 0 Å². The van der Waals surface area contributed by atoms with Crippen molar-refractivity contribution >= 4 is 17.3 Å². The summed E-state index contributed by atoms with van der Waals surface area (Å²) in [6.07, 6.45) is 2.03. The van der Waals surface area contributed by atoms with Gasteiger partial charge < -0.3 is 15.4 Å². The first kappa shape index (κ1) is 17.3. The lowest BCUT2D eigenvalue weighted by molar-refractivity contribution is 0.317. The minimum absolute atomic E-state index is 0.724. The van der Waals surface area contributed by atoms with E-state index in [4.69, 9.17) is 4.74 Å². The highest BCUT2D eigenvalue weighted by atomic mass is 32.1. The van der Waals surface area contributed by atoms with E-state index < -0.39 is 0 Å². The summed E-state index contributed by atoms with van der Waals surface area (Å²) in [4.78, 5) is 5.64. The first-order valence-electron chi connectivity index (χ1n) is 8.00. The summed E-state index contributed by atoms with van der Waals surface area (Å²) in [7, 11) is 1.79. The van der Waals surface area contributed by atoms with Crippen molar-refractivity contribution in [3.63, 3.8) is 0 Å². The fraction of sp³-hybridized carbons (Fsp3) is 0.389. The summed E-state index contributed by atoms with van der Waals surface area (Å²) in [5.41, 5.74) is 1.18. The molecule has 2 rings (SSSR count). The molecule has 1 aromatic heterocycles. The highest BCUT2D eigenvalue weighted by Gasteiger charge is 2.01. The molecule has 0 atom stereocenters. The topological polar surface area (TPSA) is 45.6 Å². The fourth-order valence-corrected chi connectivity index (χ4v) is 2.84. The number of rotatable bonds is 8. The minimum Gasteiger partial charge on any atom is -0.494 e. The number of aliphatic imine (C=N–C) groups is 1. The molecular weight excluding hydrogens is 306 g/mol. The van der Waals surface area contributed by atoms with Crippen molar-refractivity contribution in [2.45, 2.75) is 26.3 Å². The van der Waals surface area contributed by atoms with Gasteiger partial charge in [0.25, 0.3) is 0 Å². The number of nitrogens with zero attached hydrogens (tertiary/aromatic N) is 1. The molecule has 0 radical (unpaired) electrons. The summed E-state index contributed by atoms with van der Waals surface area (Å²) in [6.45, 7) is 4.46. The van der Waals surface area contributed by atoms with Gasteiger partial charge >= 0.3 is 0 Å². The molecule has 0 saturated carbocycles. The Morgan fingerprint density at radius 3 is 2.87 bits per heavy atom. The Morgan fingerprint density at radius 1 is 1.22 bits per heavy atom. The maximum atomic E-state index is 5.66. The average Bonchev–Trinajstić information content (AvgIpc) is 3.10. The van der Waals surface area contributed by atoms with Crippen molar-refractivity contribution in [1.82, 2.24) is 10.6 Å². The first-order chi connectivity index (χ1) is 11.3. The normalized spacial score (nSPS) is 11.3. The van der Waals surface area contributed by atoms with Gasteiger partial charge in [0.2, 0.25) is 0 Å². The van der Waals surface area contributed by atoms with Crippen LogP contribution in [0, 0.1) is 0 Å². The van der Waals surface area contributed by atoms with Gasteiger partial charge in [0.15, 0.2) is 5.96 Å².